The van der Waals surface area contributed by atoms with E-state index in [4.69, 9.17) is 15.0 Å². The third kappa shape index (κ3) is 7.02. The SMILES string of the molecule is O=C(NCCCO)c1ccc(CCNCc2cccc3[nH]ncc23)cc1.O=CO. The molecular formula is C21H26N4O4. The van der Waals surface area contributed by atoms with E-state index in [0.717, 1.165) is 30.4 Å². The second-order valence-electron chi connectivity index (χ2n) is 6.31. The fourth-order valence-electron chi connectivity index (χ4n) is 2.85. The first kappa shape index (κ1) is 22.1. The number of rotatable bonds is 9. The first-order valence-electron chi connectivity index (χ1n) is 9.37. The summed E-state index contributed by atoms with van der Waals surface area (Å²) >= 11 is 0. The second kappa shape index (κ2) is 12.3. The van der Waals surface area contributed by atoms with Crippen LogP contribution >= 0.6 is 0 Å². The Balaban J connectivity index is 0.000000941. The highest BCUT2D eigenvalue weighted by Gasteiger charge is 2.05. The molecule has 8 nitrogen and oxygen atoms in total. The standard InChI is InChI=1S/C20H24N4O2.CH2O2/c25-12-2-10-22-20(26)16-7-5-15(6-8-16)9-11-21-13-17-3-1-4-19-18(17)14-23-24-19;2-1-3/h1,3-8,14,21,25H,2,9-13H2,(H,22,26)(H,23,24);1H,(H,2,3). The lowest BCUT2D eigenvalue weighted by Gasteiger charge is -2.08. The van der Waals surface area contributed by atoms with Gasteiger partial charge < -0.3 is 20.8 Å². The molecule has 0 atom stereocenters. The Morgan fingerprint density at radius 2 is 1.90 bits per heavy atom. The monoisotopic (exact) mass is 398 g/mol. The number of aliphatic hydroxyl groups is 1. The van der Waals surface area contributed by atoms with E-state index >= 15 is 0 Å². The molecule has 154 valence electrons. The average Bonchev–Trinajstić information content (AvgIpc) is 3.22. The molecule has 5 N–H and O–H groups in total. The number of nitrogens with one attached hydrogen (secondary N) is 3. The molecule has 3 rings (SSSR count). The van der Waals surface area contributed by atoms with Crippen molar-refractivity contribution in [2.75, 3.05) is 19.7 Å². The fraction of sp³-hybridized carbons (Fsp3) is 0.286. The lowest BCUT2D eigenvalue weighted by molar-refractivity contribution is -0.122. The van der Waals surface area contributed by atoms with E-state index in [1.54, 1.807) is 0 Å². The van der Waals surface area contributed by atoms with E-state index in [1.807, 2.05) is 42.6 Å². The molecule has 0 aliphatic carbocycles. The van der Waals surface area contributed by atoms with Gasteiger partial charge in [-0.05, 0) is 48.7 Å². The molecule has 0 aliphatic rings. The van der Waals surface area contributed by atoms with Crippen molar-refractivity contribution in [2.24, 2.45) is 0 Å². The van der Waals surface area contributed by atoms with Crippen LogP contribution in [0.3, 0.4) is 0 Å². The Hall–Kier alpha value is -3.23. The van der Waals surface area contributed by atoms with Crippen LogP contribution in [0.1, 0.15) is 27.9 Å². The second-order valence-corrected chi connectivity index (χ2v) is 6.31. The van der Waals surface area contributed by atoms with Gasteiger partial charge in [0, 0.05) is 30.6 Å². The van der Waals surface area contributed by atoms with Crippen LogP contribution in [0.2, 0.25) is 0 Å². The molecule has 1 heterocycles. The van der Waals surface area contributed by atoms with E-state index < -0.39 is 0 Å². The van der Waals surface area contributed by atoms with Gasteiger partial charge in [-0.1, -0.05) is 24.3 Å². The minimum atomic E-state index is -0.250. The van der Waals surface area contributed by atoms with Gasteiger partial charge in [0.2, 0.25) is 0 Å². The largest absolute Gasteiger partial charge is 0.483 e. The summed E-state index contributed by atoms with van der Waals surface area (Å²) in [4.78, 5) is 20.3. The minimum Gasteiger partial charge on any atom is -0.483 e. The maximum absolute atomic E-state index is 11.9. The van der Waals surface area contributed by atoms with E-state index in [2.05, 4.69) is 26.9 Å². The van der Waals surface area contributed by atoms with Crippen molar-refractivity contribution >= 4 is 23.3 Å². The predicted molar refractivity (Wildman–Crippen MR) is 111 cm³/mol. The molecule has 1 amide bonds. The van der Waals surface area contributed by atoms with Crippen molar-refractivity contribution in [1.82, 2.24) is 20.8 Å². The molecule has 0 bridgehead atoms. The highest BCUT2D eigenvalue weighted by Crippen LogP contribution is 2.15. The van der Waals surface area contributed by atoms with E-state index in [9.17, 15) is 4.79 Å². The zero-order valence-corrected chi connectivity index (χ0v) is 16.1. The van der Waals surface area contributed by atoms with Crippen molar-refractivity contribution < 1.29 is 19.8 Å². The lowest BCUT2D eigenvalue weighted by atomic mass is 10.1. The first-order chi connectivity index (χ1) is 14.2. The van der Waals surface area contributed by atoms with E-state index in [0.29, 0.717) is 18.5 Å². The minimum absolute atomic E-state index is 0.0846. The molecule has 0 unspecified atom stereocenters. The zero-order valence-electron chi connectivity index (χ0n) is 16.1. The normalized spacial score (nSPS) is 10.2. The highest BCUT2D eigenvalue weighted by molar-refractivity contribution is 5.94. The van der Waals surface area contributed by atoms with Gasteiger partial charge in [-0.25, -0.2) is 0 Å². The Bertz CT molecular complexity index is 893. The summed E-state index contributed by atoms with van der Waals surface area (Å²) in [6, 6.07) is 13.8. The number of hydrogen-bond donors (Lipinski definition) is 5. The molecule has 0 aliphatic heterocycles. The van der Waals surface area contributed by atoms with E-state index in [-0.39, 0.29) is 19.0 Å². The third-order valence-corrected chi connectivity index (χ3v) is 4.32. The fourth-order valence-corrected chi connectivity index (χ4v) is 2.85. The summed E-state index contributed by atoms with van der Waals surface area (Å²) in [6.07, 6.45) is 3.33. The number of aromatic nitrogens is 2. The molecule has 0 fully saturated rings. The summed E-state index contributed by atoms with van der Waals surface area (Å²) in [7, 11) is 0. The van der Waals surface area contributed by atoms with Crippen LogP contribution in [0.4, 0.5) is 0 Å². The molecule has 8 heteroatoms. The Labute approximate surface area is 169 Å². The summed E-state index contributed by atoms with van der Waals surface area (Å²) in [5.74, 6) is -0.101. The molecule has 0 radical (unpaired) electrons. The van der Waals surface area contributed by atoms with Crippen LogP contribution in [-0.2, 0) is 17.8 Å². The molecule has 0 spiro atoms. The van der Waals surface area contributed by atoms with Crippen LogP contribution in [0.25, 0.3) is 10.9 Å². The Morgan fingerprint density at radius 1 is 1.14 bits per heavy atom. The van der Waals surface area contributed by atoms with Gasteiger partial charge in [-0.3, -0.25) is 14.7 Å². The predicted octanol–water partition coefficient (Wildman–Crippen LogP) is 1.71. The number of hydrogen-bond acceptors (Lipinski definition) is 5. The van der Waals surface area contributed by atoms with Crippen LogP contribution in [0, 0.1) is 0 Å². The number of carbonyl (C=O) groups is 2. The van der Waals surface area contributed by atoms with Gasteiger partial charge in [0.1, 0.15) is 0 Å². The smallest absolute Gasteiger partial charge is 0.290 e. The highest BCUT2D eigenvalue weighted by atomic mass is 16.3. The van der Waals surface area contributed by atoms with Crippen molar-refractivity contribution in [3.05, 3.63) is 65.4 Å². The van der Waals surface area contributed by atoms with Gasteiger partial charge in [-0.2, -0.15) is 5.10 Å². The maximum Gasteiger partial charge on any atom is 0.290 e. The van der Waals surface area contributed by atoms with Crippen LogP contribution in [0.15, 0.2) is 48.7 Å². The summed E-state index contributed by atoms with van der Waals surface area (Å²) in [5, 5.41) is 30.1. The quantitative estimate of drug-likeness (QED) is 0.276. The van der Waals surface area contributed by atoms with Crippen molar-refractivity contribution in [1.29, 1.82) is 0 Å². The number of carbonyl (C=O) groups excluding carboxylic acids is 1. The maximum atomic E-state index is 11.9. The van der Waals surface area contributed by atoms with Gasteiger partial charge in [0.05, 0.1) is 11.7 Å². The molecule has 3 aromatic rings. The number of amides is 1. The molecule has 0 saturated heterocycles. The lowest BCUT2D eigenvalue weighted by Crippen LogP contribution is -2.25. The van der Waals surface area contributed by atoms with Crippen LogP contribution in [-0.4, -0.2) is 52.5 Å². The first-order valence-corrected chi connectivity index (χ1v) is 9.37. The molecule has 1 aromatic heterocycles. The number of benzene rings is 2. The van der Waals surface area contributed by atoms with Crippen LogP contribution < -0.4 is 10.6 Å². The topological polar surface area (TPSA) is 127 Å². The number of fused-ring (bicyclic) bond motifs is 1. The Kier molecular flexibility index (Phi) is 9.34. The molecular weight excluding hydrogens is 372 g/mol. The number of aliphatic hydroxyl groups excluding tert-OH is 1. The molecule has 0 saturated carbocycles. The van der Waals surface area contributed by atoms with E-state index in [1.165, 1.54) is 11.1 Å². The summed E-state index contributed by atoms with van der Waals surface area (Å²) < 4.78 is 0. The van der Waals surface area contributed by atoms with Gasteiger partial charge in [0.15, 0.2) is 0 Å². The number of aromatic amines is 1. The summed E-state index contributed by atoms with van der Waals surface area (Å²) in [5.41, 5.74) is 4.11. The average molecular weight is 398 g/mol. The number of nitrogens with zero attached hydrogens (tertiary/aromatic N) is 1. The van der Waals surface area contributed by atoms with Crippen molar-refractivity contribution in [3.8, 4) is 0 Å². The number of carboxylic acid groups (broad SMARTS) is 1. The van der Waals surface area contributed by atoms with Gasteiger partial charge in [-0.15, -0.1) is 0 Å². The number of H-pyrrole nitrogens is 1. The van der Waals surface area contributed by atoms with Crippen LogP contribution in [0.5, 0.6) is 0 Å². The molecule has 2 aromatic carbocycles. The molecule has 29 heavy (non-hydrogen) atoms. The Morgan fingerprint density at radius 3 is 2.62 bits per heavy atom. The van der Waals surface area contributed by atoms with Crippen molar-refractivity contribution in [2.45, 2.75) is 19.4 Å². The van der Waals surface area contributed by atoms with Crippen molar-refractivity contribution in [3.63, 3.8) is 0 Å². The summed E-state index contributed by atoms with van der Waals surface area (Å²) in [6.45, 7) is 1.98. The third-order valence-electron chi connectivity index (χ3n) is 4.32. The van der Waals surface area contributed by atoms with Gasteiger partial charge in [0.25, 0.3) is 12.4 Å². The zero-order chi connectivity index (χ0) is 20.9. The van der Waals surface area contributed by atoms with Gasteiger partial charge >= 0.3 is 0 Å².